The van der Waals surface area contributed by atoms with Crippen molar-refractivity contribution in [2.45, 2.75) is 45.6 Å². The molecule has 27 heavy (non-hydrogen) atoms. The molecule has 6 nitrogen and oxygen atoms in total. The molecule has 1 aromatic rings. The van der Waals surface area contributed by atoms with Crippen LogP contribution in [0.2, 0.25) is 5.02 Å². The molecular formula is C19H27ClN4O2S. The van der Waals surface area contributed by atoms with Gasteiger partial charge in [-0.05, 0) is 42.6 Å². The zero-order valence-corrected chi connectivity index (χ0v) is 17.3. The first kappa shape index (κ1) is 21.4. The second kappa shape index (κ2) is 10.5. The Morgan fingerprint density at radius 2 is 1.93 bits per heavy atom. The Morgan fingerprint density at radius 3 is 2.67 bits per heavy atom. The summed E-state index contributed by atoms with van der Waals surface area (Å²) in [5.41, 5.74) is 5.67. The van der Waals surface area contributed by atoms with Crippen LogP contribution >= 0.6 is 23.8 Å². The first-order valence-corrected chi connectivity index (χ1v) is 10.0. The number of halogens is 1. The molecule has 0 unspecified atom stereocenters. The Hall–Kier alpha value is -1.86. The van der Waals surface area contributed by atoms with Gasteiger partial charge in [-0.15, -0.1) is 0 Å². The van der Waals surface area contributed by atoms with Gasteiger partial charge >= 0.3 is 0 Å². The molecule has 0 aliphatic heterocycles. The van der Waals surface area contributed by atoms with Crippen molar-refractivity contribution in [1.29, 1.82) is 0 Å². The van der Waals surface area contributed by atoms with Gasteiger partial charge in [0.15, 0.2) is 5.11 Å². The average molecular weight is 411 g/mol. The van der Waals surface area contributed by atoms with Crippen molar-refractivity contribution in [3.8, 4) is 0 Å². The molecule has 1 fully saturated rings. The summed E-state index contributed by atoms with van der Waals surface area (Å²) in [6, 6.07) is 7.09. The van der Waals surface area contributed by atoms with Crippen molar-refractivity contribution in [2.24, 2.45) is 11.8 Å². The molecule has 0 bridgehead atoms. The van der Waals surface area contributed by atoms with Gasteiger partial charge in [-0.1, -0.05) is 50.4 Å². The average Bonchev–Trinajstić information content (AvgIpc) is 2.64. The summed E-state index contributed by atoms with van der Waals surface area (Å²) in [6.07, 6.45) is 3.64. The fourth-order valence-electron chi connectivity index (χ4n) is 3.21. The van der Waals surface area contributed by atoms with Crippen molar-refractivity contribution in [3.63, 3.8) is 0 Å². The van der Waals surface area contributed by atoms with Gasteiger partial charge in [-0.2, -0.15) is 0 Å². The number of carbonyl (C=O) groups is 2. The predicted molar refractivity (Wildman–Crippen MR) is 111 cm³/mol. The monoisotopic (exact) mass is 410 g/mol. The molecule has 4 N–H and O–H groups in total. The summed E-state index contributed by atoms with van der Waals surface area (Å²) in [7, 11) is 0. The van der Waals surface area contributed by atoms with E-state index in [9.17, 15) is 9.59 Å². The predicted octanol–water partition coefficient (Wildman–Crippen LogP) is 2.78. The number of benzene rings is 1. The minimum Gasteiger partial charge on any atom is -0.358 e. The Morgan fingerprint density at radius 1 is 1.19 bits per heavy atom. The highest BCUT2D eigenvalue weighted by molar-refractivity contribution is 7.80. The van der Waals surface area contributed by atoms with Crippen LogP contribution in [0.4, 0.5) is 0 Å². The maximum absolute atomic E-state index is 12.0. The van der Waals surface area contributed by atoms with Gasteiger partial charge in [0.25, 0.3) is 5.91 Å². The zero-order valence-electron chi connectivity index (χ0n) is 15.7. The molecule has 3 atom stereocenters. The Labute approximate surface area is 170 Å². The van der Waals surface area contributed by atoms with Crippen LogP contribution in [0.1, 0.15) is 49.9 Å². The maximum atomic E-state index is 12.0. The summed E-state index contributed by atoms with van der Waals surface area (Å²) in [5, 5.41) is 6.74. The fraction of sp³-hybridized carbons (Fsp3) is 0.526. The first-order chi connectivity index (χ1) is 12.9. The molecule has 2 rings (SSSR count). The number of hydrogen-bond acceptors (Lipinski definition) is 3. The van der Waals surface area contributed by atoms with E-state index in [1.807, 2.05) is 0 Å². The van der Waals surface area contributed by atoms with E-state index in [0.717, 1.165) is 6.42 Å². The van der Waals surface area contributed by atoms with E-state index < -0.39 is 0 Å². The molecule has 148 valence electrons. The summed E-state index contributed by atoms with van der Waals surface area (Å²) in [4.78, 5) is 23.9. The topological polar surface area (TPSA) is 82.3 Å². The fourth-order valence-corrected chi connectivity index (χ4v) is 3.63. The molecule has 0 radical (unpaired) electrons. The highest BCUT2D eigenvalue weighted by Crippen LogP contribution is 2.29. The molecule has 8 heteroatoms. The smallest absolute Gasteiger partial charge is 0.252 e. The van der Waals surface area contributed by atoms with Crippen LogP contribution in [0.25, 0.3) is 0 Å². The molecule has 1 aliphatic rings. The third kappa shape index (κ3) is 6.66. The summed E-state index contributed by atoms with van der Waals surface area (Å²) < 4.78 is 0. The van der Waals surface area contributed by atoms with Crippen molar-refractivity contribution in [3.05, 3.63) is 34.9 Å². The van der Waals surface area contributed by atoms with Crippen LogP contribution in [-0.4, -0.2) is 29.5 Å². The van der Waals surface area contributed by atoms with Crippen LogP contribution in [-0.2, 0) is 4.79 Å². The SMILES string of the molecule is C[C@@H]1[C@H](C)CCC[C@H]1NC(=S)NNC(=O)CCNC(=O)c1ccccc1Cl. The van der Waals surface area contributed by atoms with Gasteiger partial charge in [0, 0.05) is 19.0 Å². The van der Waals surface area contributed by atoms with E-state index in [1.165, 1.54) is 12.8 Å². The second-order valence-corrected chi connectivity index (χ2v) is 7.82. The molecule has 0 heterocycles. The number of rotatable bonds is 5. The van der Waals surface area contributed by atoms with E-state index in [2.05, 4.69) is 35.3 Å². The summed E-state index contributed by atoms with van der Waals surface area (Å²) in [6.45, 7) is 4.69. The molecule has 0 saturated heterocycles. The standard InChI is InChI=1S/C19H27ClN4O2S/c1-12-6-5-9-16(13(12)2)22-19(27)24-23-17(25)10-11-21-18(26)14-7-3-4-8-15(14)20/h3-4,7-8,12-13,16H,5-6,9-11H2,1-2H3,(H,21,26)(H,23,25)(H2,22,24,27)/t12-,13-,16-/m1/s1. The van der Waals surface area contributed by atoms with E-state index in [0.29, 0.717) is 33.6 Å². The lowest BCUT2D eigenvalue weighted by molar-refractivity contribution is -0.121. The summed E-state index contributed by atoms with van der Waals surface area (Å²) >= 11 is 11.2. The third-order valence-electron chi connectivity index (χ3n) is 5.09. The lowest BCUT2D eigenvalue weighted by Crippen LogP contribution is -2.52. The quantitative estimate of drug-likeness (QED) is 0.443. The normalized spacial score (nSPS) is 21.8. The third-order valence-corrected chi connectivity index (χ3v) is 5.64. The van der Waals surface area contributed by atoms with Crippen LogP contribution in [0, 0.1) is 11.8 Å². The van der Waals surface area contributed by atoms with Crippen LogP contribution in [0.5, 0.6) is 0 Å². The van der Waals surface area contributed by atoms with Gasteiger partial charge in [-0.25, -0.2) is 0 Å². The molecule has 1 aromatic carbocycles. The highest BCUT2D eigenvalue weighted by Gasteiger charge is 2.27. The molecule has 2 amide bonds. The van der Waals surface area contributed by atoms with Crippen LogP contribution in [0.15, 0.2) is 24.3 Å². The molecule has 1 aliphatic carbocycles. The summed E-state index contributed by atoms with van der Waals surface area (Å²) in [5.74, 6) is 0.632. The minimum absolute atomic E-state index is 0.128. The molecule has 0 spiro atoms. The van der Waals surface area contributed by atoms with Gasteiger partial charge in [0.05, 0.1) is 10.6 Å². The number of amides is 2. The lowest BCUT2D eigenvalue weighted by Gasteiger charge is -2.35. The number of nitrogens with one attached hydrogen (secondary N) is 4. The Balaban J connectivity index is 1.65. The van der Waals surface area contributed by atoms with Crippen molar-refractivity contribution < 1.29 is 9.59 Å². The van der Waals surface area contributed by atoms with Crippen molar-refractivity contribution >= 4 is 40.7 Å². The van der Waals surface area contributed by atoms with Gasteiger partial charge in [0.2, 0.25) is 5.91 Å². The Bertz CT molecular complexity index is 685. The highest BCUT2D eigenvalue weighted by atomic mass is 35.5. The lowest BCUT2D eigenvalue weighted by atomic mass is 9.78. The minimum atomic E-state index is -0.307. The van der Waals surface area contributed by atoms with Gasteiger partial charge < -0.3 is 10.6 Å². The van der Waals surface area contributed by atoms with Crippen molar-refractivity contribution in [2.75, 3.05) is 6.54 Å². The van der Waals surface area contributed by atoms with E-state index in [-0.39, 0.29) is 24.8 Å². The van der Waals surface area contributed by atoms with Crippen LogP contribution < -0.4 is 21.5 Å². The van der Waals surface area contributed by atoms with Crippen molar-refractivity contribution in [1.82, 2.24) is 21.5 Å². The van der Waals surface area contributed by atoms with E-state index >= 15 is 0 Å². The number of thiocarbonyl (C=S) groups is 1. The van der Waals surface area contributed by atoms with Gasteiger partial charge in [0.1, 0.15) is 0 Å². The molecule has 1 saturated carbocycles. The van der Waals surface area contributed by atoms with Gasteiger partial charge in [-0.3, -0.25) is 20.4 Å². The second-order valence-electron chi connectivity index (χ2n) is 7.01. The van der Waals surface area contributed by atoms with E-state index in [1.54, 1.807) is 24.3 Å². The number of carbonyl (C=O) groups excluding carboxylic acids is 2. The van der Waals surface area contributed by atoms with E-state index in [4.69, 9.17) is 23.8 Å². The molecular weight excluding hydrogens is 384 g/mol. The zero-order chi connectivity index (χ0) is 19.8. The largest absolute Gasteiger partial charge is 0.358 e. The Kier molecular flexibility index (Phi) is 8.31. The number of hydrogen-bond donors (Lipinski definition) is 4. The molecule has 0 aromatic heterocycles. The van der Waals surface area contributed by atoms with Crippen LogP contribution in [0.3, 0.4) is 0 Å². The number of hydrazine groups is 1. The maximum Gasteiger partial charge on any atom is 0.252 e. The first-order valence-electron chi connectivity index (χ1n) is 9.26.